The molecular weight excluding hydrogens is 254 g/mol. The number of amidine groups is 1. The van der Waals surface area contributed by atoms with Crippen LogP contribution in [-0.2, 0) is 0 Å². The molecule has 2 rings (SSSR count). The molecule has 0 radical (unpaired) electrons. The minimum atomic E-state index is 0.423. The smallest absolute Gasteiger partial charge is 0.157 e. The minimum absolute atomic E-state index is 0.423. The summed E-state index contributed by atoms with van der Waals surface area (Å²) in [5.41, 5.74) is 1.35. The maximum atomic E-state index is 4.65. The van der Waals surface area contributed by atoms with Gasteiger partial charge < -0.3 is 10.2 Å². The highest BCUT2D eigenvalue weighted by molar-refractivity contribution is 8.14. The highest BCUT2D eigenvalue weighted by atomic mass is 32.2. The molecule has 0 aromatic heterocycles. The molecule has 0 bridgehead atoms. The maximum absolute atomic E-state index is 4.65. The number of hydrogen-bond donors (Lipinski definition) is 1. The van der Waals surface area contributed by atoms with E-state index in [0.29, 0.717) is 6.04 Å². The summed E-state index contributed by atoms with van der Waals surface area (Å²) in [7, 11) is 4.23. The van der Waals surface area contributed by atoms with Gasteiger partial charge in [-0.3, -0.25) is 4.99 Å². The monoisotopic (exact) mass is 277 g/mol. The largest absolute Gasteiger partial charge is 0.357 e. The number of nitrogens with zero attached hydrogens (tertiary/aromatic N) is 2. The van der Waals surface area contributed by atoms with Gasteiger partial charge in [-0.1, -0.05) is 42.1 Å². The predicted molar refractivity (Wildman–Crippen MR) is 84.9 cm³/mol. The lowest BCUT2D eigenvalue weighted by atomic mass is 10.1. The number of unbranched alkanes of at least 4 members (excludes halogenated alkanes) is 1. The van der Waals surface area contributed by atoms with Gasteiger partial charge in [0, 0.05) is 12.3 Å². The van der Waals surface area contributed by atoms with E-state index < -0.39 is 0 Å². The molecule has 1 unspecified atom stereocenters. The molecule has 4 heteroatoms. The SMILES string of the molecule is CN(C)CCCCN=C1NC(c2ccccc2)CS1. The molecule has 3 nitrogen and oxygen atoms in total. The lowest BCUT2D eigenvalue weighted by Crippen LogP contribution is -2.19. The molecule has 1 aromatic carbocycles. The van der Waals surface area contributed by atoms with Crippen LogP contribution in [0, 0.1) is 0 Å². The average molecular weight is 277 g/mol. The van der Waals surface area contributed by atoms with Crippen molar-refractivity contribution in [2.24, 2.45) is 4.99 Å². The third-order valence-corrected chi connectivity index (χ3v) is 4.18. The van der Waals surface area contributed by atoms with Crippen LogP contribution in [0.5, 0.6) is 0 Å². The molecule has 19 heavy (non-hydrogen) atoms. The number of benzene rings is 1. The van der Waals surface area contributed by atoms with Crippen LogP contribution >= 0.6 is 11.8 Å². The third-order valence-electron chi connectivity index (χ3n) is 3.16. The molecule has 1 aliphatic heterocycles. The lowest BCUT2D eigenvalue weighted by Gasteiger charge is -2.10. The zero-order valence-corrected chi connectivity index (χ0v) is 12.6. The predicted octanol–water partition coefficient (Wildman–Crippen LogP) is 2.76. The van der Waals surface area contributed by atoms with Crippen molar-refractivity contribution in [3.8, 4) is 0 Å². The summed E-state index contributed by atoms with van der Waals surface area (Å²) in [6, 6.07) is 11.0. The van der Waals surface area contributed by atoms with E-state index in [9.17, 15) is 0 Å². The summed E-state index contributed by atoms with van der Waals surface area (Å²) in [6.45, 7) is 2.09. The third kappa shape index (κ3) is 4.88. The van der Waals surface area contributed by atoms with E-state index in [-0.39, 0.29) is 0 Å². The number of hydrogen-bond acceptors (Lipinski definition) is 3. The van der Waals surface area contributed by atoms with Gasteiger partial charge in [-0.2, -0.15) is 0 Å². The van der Waals surface area contributed by atoms with Crippen molar-refractivity contribution in [1.29, 1.82) is 0 Å². The molecule has 1 heterocycles. The summed E-state index contributed by atoms with van der Waals surface area (Å²) in [5.74, 6) is 1.08. The molecule has 104 valence electrons. The Labute approximate surface area is 120 Å². The van der Waals surface area contributed by atoms with Crippen LogP contribution in [0.25, 0.3) is 0 Å². The Balaban J connectivity index is 1.73. The van der Waals surface area contributed by atoms with Gasteiger partial charge >= 0.3 is 0 Å². The van der Waals surface area contributed by atoms with Crippen LogP contribution in [0.3, 0.4) is 0 Å². The second-order valence-corrected chi connectivity index (χ2v) is 6.12. The van der Waals surface area contributed by atoms with Crippen LogP contribution in [0.4, 0.5) is 0 Å². The van der Waals surface area contributed by atoms with Gasteiger partial charge in [0.1, 0.15) is 0 Å². The van der Waals surface area contributed by atoms with E-state index in [1.54, 1.807) is 0 Å². The summed E-state index contributed by atoms with van der Waals surface area (Å²) in [6.07, 6.45) is 2.39. The standard InChI is InChI=1S/C15H23N3S/c1-18(2)11-7-6-10-16-15-17-14(12-19-15)13-8-4-3-5-9-13/h3-5,8-9,14H,6-7,10-12H2,1-2H3,(H,16,17). The van der Waals surface area contributed by atoms with Crippen molar-refractivity contribution in [2.45, 2.75) is 18.9 Å². The van der Waals surface area contributed by atoms with Gasteiger partial charge in [-0.15, -0.1) is 0 Å². The van der Waals surface area contributed by atoms with Gasteiger partial charge in [0.15, 0.2) is 5.17 Å². The van der Waals surface area contributed by atoms with E-state index in [4.69, 9.17) is 0 Å². The highest BCUT2D eigenvalue weighted by Gasteiger charge is 2.20. The topological polar surface area (TPSA) is 27.6 Å². The molecule has 1 atom stereocenters. The summed E-state index contributed by atoms with van der Waals surface area (Å²) in [5, 5.41) is 4.62. The van der Waals surface area contributed by atoms with Gasteiger partial charge in [0.05, 0.1) is 6.04 Å². The van der Waals surface area contributed by atoms with Gasteiger partial charge in [0.2, 0.25) is 0 Å². The molecule has 1 saturated heterocycles. The van der Waals surface area contributed by atoms with Gasteiger partial charge in [-0.05, 0) is 39.0 Å². The van der Waals surface area contributed by atoms with Crippen molar-refractivity contribution in [3.05, 3.63) is 35.9 Å². The zero-order chi connectivity index (χ0) is 13.5. The van der Waals surface area contributed by atoms with Crippen molar-refractivity contribution in [3.63, 3.8) is 0 Å². The van der Waals surface area contributed by atoms with Crippen LogP contribution in [-0.4, -0.2) is 43.0 Å². The first-order valence-electron chi connectivity index (χ1n) is 6.89. The average Bonchev–Trinajstić information content (AvgIpc) is 2.88. The Bertz CT molecular complexity index is 403. The van der Waals surface area contributed by atoms with E-state index in [1.807, 2.05) is 11.8 Å². The van der Waals surface area contributed by atoms with Crippen molar-refractivity contribution in [1.82, 2.24) is 10.2 Å². The van der Waals surface area contributed by atoms with Crippen LogP contribution in [0.2, 0.25) is 0 Å². The van der Waals surface area contributed by atoms with E-state index in [0.717, 1.165) is 24.0 Å². The van der Waals surface area contributed by atoms with Gasteiger partial charge in [-0.25, -0.2) is 0 Å². The fourth-order valence-electron chi connectivity index (χ4n) is 2.07. The van der Waals surface area contributed by atoms with Crippen molar-refractivity contribution < 1.29 is 0 Å². The van der Waals surface area contributed by atoms with Crippen molar-refractivity contribution in [2.75, 3.05) is 32.9 Å². The number of thioether (sulfide) groups is 1. The molecule has 0 aliphatic carbocycles. The quantitative estimate of drug-likeness (QED) is 0.810. The lowest BCUT2D eigenvalue weighted by molar-refractivity contribution is 0.396. The Hall–Kier alpha value is -1.00. The Morgan fingerprint density at radius 3 is 2.79 bits per heavy atom. The maximum Gasteiger partial charge on any atom is 0.157 e. The summed E-state index contributed by atoms with van der Waals surface area (Å²) in [4.78, 5) is 6.87. The Morgan fingerprint density at radius 2 is 2.05 bits per heavy atom. The summed E-state index contributed by atoms with van der Waals surface area (Å²) >= 11 is 1.84. The second kappa shape index (κ2) is 7.56. The number of rotatable bonds is 6. The first-order valence-corrected chi connectivity index (χ1v) is 7.88. The fraction of sp³-hybridized carbons (Fsp3) is 0.533. The second-order valence-electron chi connectivity index (χ2n) is 5.12. The molecular formula is C15H23N3S. The molecule has 0 saturated carbocycles. The van der Waals surface area contributed by atoms with E-state index in [1.165, 1.54) is 18.4 Å². The Kier molecular flexibility index (Phi) is 5.73. The number of nitrogens with one attached hydrogen (secondary N) is 1. The molecule has 1 aliphatic rings. The van der Waals surface area contributed by atoms with Crippen LogP contribution < -0.4 is 5.32 Å². The normalized spacial score (nSPS) is 21.0. The summed E-state index contributed by atoms with van der Waals surface area (Å²) < 4.78 is 0. The first kappa shape index (κ1) is 14.4. The minimum Gasteiger partial charge on any atom is -0.357 e. The molecule has 1 N–H and O–H groups in total. The fourth-order valence-corrected chi connectivity index (χ4v) is 3.08. The van der Waals surface area contributed by atoms with E-state index in [2.05, 4.69) is 59.6 Å². The first-order chi connectivity index (χ1) is 9.25. The van der Waals surface area contributed by atoms with E-state index >= 15 is 0 Å². The highest BCUT2D eigenvalue weighted by Crippen LogP contribution is 2.25. The zero-order valence-electron chi connectivity index (χ0n) is 11.8. The molecule has 1 aromatic rings. The Morgan fingerprint density at radius 1 is 1.26 bits per heavy atom. The molecule has 1 fully saturated rings. The number of aliphatic imine (C=N–C) groups is 1. The molecule has 0 amide bonds. The van der Waals surface area contributed by atoms with Crippen molar-refractivity contribution >= 4 is 16.9 Å². The van der Waals surface area contributed by atoms with Crippen LogP contribution in [0.15, 0.2) is 35.3 Å². The van der Waals surface area contributed by atoms with Crippen LogP contribution in [0.1, 0.15) is 24.4 Å². The molecule has 0 spiro atoms. The van der Waals surface area contributed by atoms with Gasteiger partial charge in [0.25, 0.3) is 0 Å².